The molecule has 0 radical (unpaired) electrons. The third-order valence-corrected chi connectivity index (χ3v) is 2.76. The van der Waals surface area contributed by atoms with Crippen molar-refractivity contribution in [1.29, 1.82) is 5.26 Å². The van der Waals surface area contributed by atoms with Crippen molar-refractivity contribution in [3.63, 3.8) is 0 Å². The van der Waals surface area contributed by atoms with Gasteiger partial charge in [-0.25, -0.2) is 0 Å². The Morgan fingerprint density at radius 1 is 1.45 bits per heavy atom. The fourth-order valence-corrected chi connectivity index (χ4v) is 1.89. The van der Waals surface area contributed by atoms with Crippen molar-refractivity contribution in [3.05, 3.63) is 27.7 Å². The van der Waals surface area contributed by atoms with Crippen LogP contribution >= 0.6 is 15.9 Å². The second-order valence-electron chi connectivity index (χ2n) is 3.58. The molecule has 0 spiro atoms. The van der Waals surface area contributed by atoms with Crippen molar-refractivity contribution in [2.24, 2.45) is 0 Å². The molecule has 0 bridgehead atoms. The molecule has 0 aliphatic heterocycles. The molecular formula is C12H9BrF3NO3. The molecule has 4 nitrogen and oxygen atoms in total. The van der Waals surface area contributed by atoms with Crippen molar-refractivity contribution >= 4 is 21.9 Å². The van der Waals surface area contributed by atoms with Gasteiger partial charge in [0.15, 0.2) is 0 Å². The van der Waals surface area contributed by atoms with Crippen LogP contribution in [0.3, 0.4) is 0 Å². The molecule has 0 aliphatic carbocycles. The van der Waals surface area contributed by atoms with E-state index < -0.39 is 18.1 Å². The second-order valence-corrected chi connectivity index (χ2v) is 4.44. The van der Waals surface area contributed by atoms with Crippen molar-refractivity contribution in [2.45, 2.75) is 19.7 Å². The summed E-state index contributed by atoms with van der Waals surface area (Å²) in [5.41, 5.74) is 0.174. The average molecular weight is 352 g/mol. The lowest BCUT2D eigenvalue weighted by atomic mass is 10.1. The van der Waals surface area contributed by atoms with Gasteiger partial charge in [0.25, 0.3) is 0 Å². The second kappa shape index (κ2) is 6.61. The Morgan fingerprint density at radius 2 is 2.10 bits per heavy atom. The van der Waals surface area contributed by atoms with E-state index in [0.29, 0.717) is 0 Å². The highest BCUT2D eigenvalue weighted by molar-refractivity contribution is 9.10. The first-order valence-electron chi connectivity index (χ1n) is 5.40. The molecule has 0 unspecified atom stereocenters. The molecule has 1 aromatic rings. The summed E-state index contributed by atoms with van der Waals surface area (Å²) in [5, 5.41) is 8.92. The number of hydrogen-bond acceptors (Lipinski definition) is 4. The highest BCUT2D eigenvalue weighted by Gasteiger charge is 2.32. The molecule has 108 valence electrons. The molecule has 0 aromatic heterocycles. The fraction of sp³-hybridized carbons (Fsp3) is 0.333. The Morgan fingerprint density at radius 3 is 2.60 bits per heavy atom. The van der Waals surface area contributed by atoms with E-state index in [0.717, 1.165) is 6.07 Å². The maximum absolute atomic E-state index is 12.2. The molecule has 0 aliphatic rings. The van der Waals surface area contributed by atoms with E-state index in [9.17, 15) is 18.0 Å². The molecule has 0 amide bonds. The van der Waals surface area contributed by atoms with Gasteiger partial charge in [0.1, 0.15) is 5.75 Å². The van der Waals surface area contributed by atoms with E-state index >= 15 is 0 Å². The Balaban J connectivity index is 3.08. The van der Waals surface area contributed by atoms with Crippen LogP contribution < -0.4 is 4.74 Å². The smallest absolute Gasteiger partial charge is 0.466 e. The van der Waals surface area contributed by atoms with Gasteiger partial charge in [-0.05, 0) is 40.5 Å². The first-order valence-corrected chi connectivity index (χ1v) is 6.20. The van der Waals surface area contributed by atoms with Crippen LogP contribution in [0.5, 0.6) is 5.75 Å². The van der Waals surface area contributed by atoms with E-state index in [4.69, 9.17) is 10.00 Å². The summed E-state index contributed by atoms with van der Waals surface area (Å²) in [5.74, 6) is -1.11. The summed E-state index contributed by atoms with van der Waals surface area (Å²) in [7, 11) is 0. The standard InChI is InChI=1S/C12H9BrF3NO3/c1-2-19-11(18)5-7-3-9(13)10(4-8(7)6-17)20-12(14,15)16/h3-4H,2,5H2,1H3. The number of carbonyl (C=O) groups excluding carboxylic acids is 1. The van der Waals surface area contributed by atoms with Crippen LogP contribution in [-0.4, -0.2) is 18.9 Å². The topological polar surface area (TPSA) is 59.3 Å². The van der Waals surface area contributed by atoms with Gasteiger partial charge in [-0.2, -0.15) is 5.26 Å². The van der Waals surface area contributed by atoms with Crippen LogP contribution in [0, 0.1) is 11.3 Å². The van der Waals surface area contributed by atoms with Gasteiger partial charge in [-0.1, -0.05) is 0 Å². The predicted molar refractivity (Wildman–Crippen MR) is 65.9 cm³/mol. The third-order valence-electron chi connectivity index (χ3n) is 2.14. The molecule has 0 fully saturated rings. The zero-order valence-electron chi connectivity index (χ0n) is 10.3. The Bertz CT molecular complexity index is 552. The first-order chi connectivity index (χ1) is 9.26. The number of nitrogens with zero attached hydrogens (tertiary/aromatic N) is 1. The summed E-state index contributed by atoms with van der Waals surface area (Å²) >= 11 is 2.91. The maximum atomic E-state index is 12.2. The van der Waals surface area contributed by atoms with Crippen molar-refractivity contribution in [2.75, 3.05) is 6.61 Å². The lowest BCUT2D eigenvalue weighted by Gasteiger charge is -2.12. The maximum Gasteiger partial charge on any atom is 0.573 e. The predicted octanol–water partition coefficient (Wildman–Crippen LogP) is 3.32. The van der Waals surface area contributed by atoms with Crippen molar-refractivity contribution < 1.29 is 27.4 Å². The summed E-state index contributed by atoms with van der Waals surface area (Å²) < 4.78 is 45.0. The number of nitriles is 1. The van der Waals surface area contributed by atoms with Crippen LogP contribution in [0.15, 0.2) is 16.6 Å². The Labute approximate surface area is 121 Å². The van der Waals surface area contributed by atoms with Gasteiger partial charge in [0, 0.05) is 0 Å². The number of benzene rings is 1. The molecule has 1 aromatic carbocycles. The average Bonchev–Trinajstić information content (AvgIpc) is 2.31. The molecule has 0 saturated carbocycles. The first kappa shape index (κ1) is 16.3. The lowest BCUT2D eigenvalue weighted by molar-refractivity contribution is -0.274. The summed E-state index contributed by atoms with van der Waals surface area (Å²) in [6.45, 7) is 1.80. The highest BCUT2D eigenvalue weighted by atomic mass is 79.9. The number of halogens is 4. The minimum absolute atomic E-state index is 0.00637. The normalized spacial score (nSPS) is 10.8. The molecular weight excluding hydrogens is 343 g/mol. The quantitative estimate of drug-likeness (QED) is 0.780. The van der Waals surface area contributed by atoms with Crippen LogP contribution in [0.25, 0.3) is 0 Å². The number of rotatable bonds is 4. The largest absolute Gasteiger partial charge is 0.573 e. The fourth-order valence-electron chi connectivity index (χ4n) is 1.42. The van der Waals surface area contributed by atoms with E-state index in [2.05, 4.69) is 20.7 Å². The van der Waals surface area contributed by atoms with E-state index in [1.807, 2.05) is 0 Å². The summed E-state index contributed by atoms with van der Waals surface area (Å²) in [4.78, 5) is 11.3. The van der Waals surface area contributed by atoms with Gasteiger partial charge in [0.2, 0.25) is 0 Å². The van der Waals surface area contributed by atoms with E-state index in [-0.39, 0.29) is 28.6 Å². The third kappa shape index (κ3) is 4.74. The van der Waals surface area contributed by atoms with Crippen molar-refractivity contribution in [1.82, 2.24) is 0 Å². The monoisotopic (exact) mass is 351 g/mol. The molecule has 0 heterocycles. The van der Waals surface area contributed by atoms with Crippen LogP contribution in [0.4, 0.5) is 13.2 Å². The van der Waals surface area contributed by atoms with E-state index in [1.165, 1.54) is 6.07 Å². The minimum Gasteiger partial charge on any atom is -0.466 e. The minimum atomic E-state index is -4.86. The molecule has 0 atom stereocenters. The van der Waals surface area contributed by atoms with Crippen LogP contribution in [0.1, 0.15) is 18.1 Å². The van der Waals surface area contributed by atoms with Gasteiger partial charge in [0.05, 0.1) is 29.1 Å². The Kier molecular flexibility index (Phi) is 5.39. The molecule has 0 N–H and O–H groups in total. The Hall–Kier alpha value is -1.75. The molecule has 1 rings (SSSR count). The lowest BCUT2D eigenvalue weighted by Crippen LogP contribution is -2.18. The number of ether oxygens (including phenoxy) is 2. The van der Waals surface area contributed by atoms with Gasteiger partial charge in [-0.15, -0.1) is 13.2 Å². The summed E-state index contributed by atoms with van der Waals surface area (Å²) in [6, 6.07) is 3.88. The van der Waals surface area contributed by atoms with Crippen LogP contribution in [0.2, 0.25) is 0 Å². The molecule has 0 saturated heterocycles. The zero-order valence-corrected chi connectivity index (χ0v) is 11.8. The van der Waals surface area contributed by atoms with Gasteiger partial charge >= 0.3 is 12.3 Å². The van der Waals surface area contributed by atoms with Gasteiger partial charge in [-0.3, -0.25) is 4.79 Å². The van der Waals surface area contributed by atoms with Crippen LogP contribution in [-0.2, 0) is 16.0 Å². The van der Waals surface area contributed by atoms with Gasteiger partial charge < -0.3 is 9.47 Å². The van der Waals surface area contributed by atoms with E-state index in [1.54, 1.807) is 13.0 Å². The molecule has 20 heavy (non-hydrogen) atoms. The molecule has 8 heteroatoms. The number of hydrogen-bond donors (Lipinski definition) is 0. The SMILES string of the molecule is CCOC(=O)Cc1cc(Br)c(OC(F)(F)F)cc1C#N. The number of carbonyl (C=O) groups is 1. The number of esters is 1. The highest BCUT2D eigenvalue weighted by Crippen LogP contribution is 2.33. The zero-order chi connectivity index (χ0) is 15.3. The van der Waals surface area contributed by atoms with Crippen molar-refractivity contribution in [3.8, 4) is 11.8 Å². The summed E-state index contributed by atoms with van der Waals surface area (Å²) in [6.07, 6.45) is -5.07. The number of alkyl halides is 3.